The van der Waals surface area contributed by atoms with Crippen LogP contribution < -0.4 is 0 Å². The third-order valence-electron chi connectivity index (χ3n) is 4.52. The van der Waals surface area contributed by atoms with Crippen molar-refractivity contribution in [1.82, 2.24) is 0 Å². The van der Waals surface area contributed by atoms with Crippen molar-refractivity contribution in [3.63, 3.8) is 0 Å². The van der Waals surface area contributed by atoms with Crippen molar-refractivity contribution in [2.24, 2.45) is 0 Å². The van der Waals surface area contributed by atoms with Gasteiger partial charge in [0, 0.05) is 4.47 Å². The van der Waals surface area contributed by atoms with Crippen molar-refractivity contribution >= 4 is 31.8 Å². The van der Waals surface area contributed by atoms with Crippen LogP contribution in [0.5, 0.6) is 0 Å². The molecule has 0 aliphatic carbocycles. The fraction of sp³-hybridized carbons (Fsp3) is 0.700. The van der Waals surface area contributed by atoms with E-state index in [2.05, 4.69) is 89.5 Å². The molecule has 0 radical (unpaired) electrons. The van der Waals surface area contributed by atoms with Crippen LogP contribution in [0.4, 0.5) is 0 Å². The molecule has 132 valence electrons. The summed E-state index contributed by atoms with van der Waals surface area (Å²) in [7, 11) is 0.0931. The first kappa shape index (κ1) is 21.6. The van der Waals surface area contributed by atoms with Crippen molar-refractivity contribution in [2.45, 2.75) is 90.3 Å². The lowest BCUT2D eigenvalue weighted by Crippen LogP contribution is -2.08. The molecule has 0 saturated heterocycles. The molecule has 0 unspecified atom stereocenters. The van der Waals surface area contributed by atoms with Gasteiger partial charge in [0.05, 0.1) is 0 Å². The van der Waals surface area contributed by atoms with Gasteiger partial charge in [0.15, 0.2) is 0 Å². The SMILES string of the molecule is CC(C)P(Cc1cccc(CP(C(C)C)C(C)C)c1Br)C(C)C. The second-order valence-corrected chi connectivity index (χ2v) is 15.2. The lowest BCUT2D eigenvalue weighted by Gasteiger charge is -2.28. The Kier molecular flexibility index (Phi) is 9.29. The highest BCUT2D eigenvalue weighted by molar-refractivity contribution is 9.10. The minimum atomic E-state index is 0.0465. The van der Waals surface area contributed by atoms with Crippen LogP contribution in [-0.2, 0) is 12.3 Å². The first-order valence-corrected chi connectivity index (χ1v) is 13.0. The maximum atomic E-state index is 3.96. The Bertz CT molecular complexity index is 424. The standard InChI is InChI=1S/C20H35BrP2/c1-14(2)22(15(3)4)12-18-10-9-11-19(20(18)21)13-23(16(5)6)17(7)8/h9-11,14-17H,12-13H2,1-8H3. The summed E-state index contributed by atoms with van der Waals surface area (Å²) >= 11 is 3.96. The van der Waals surface area contributed by atoms with Gasteiger partial charge in [-0.05, 0) is 46.1 Å². The lowest BCUT2D eigenvalue weighted by molar-refractivity contribution is 0.989. The number of rotatable bonds is 8. The van der Waals surface area contributed by atoms with E-state index < -0.39 is 0 Å². The fourth-order valence-electron chi connectivity index (χ4n) is 3.19. The van der Waals surface area contributed by atoms with Gasteiger partial charge in [-0.1, -0.05) is 105 Å². The summed E-state index contributed by atoms with van der Waals surface area (Å²) in [4.78, 5) is 0. The molecule has 0 spiro atoms. The Morgan fingerprint density at radius 2 is 1.00 bits per heavy atom. The Hall–Kier alpha value is 0.560. The Morgan fingerprint density at radius 3 is 1.26 bits per heavy atom. The van der Waals surface area contributed by atoms with Gasteiger partial charge in [-0.2, -0.15) is 0 Å². The topological polar surface area (TPSA) is 0 Å². The zero-order valence-electron chi connectivity index (χ0n) is 16.2. The molecule has 23 heavy (non-hydrogen) atoms. The molecule has 1 aromatic rings. The Balaban J connectivity index is 3.02. The number of benzene rings is 1. The molecule has 1 rings (SSSR count). The maximum absolute atomic E-state index is 3.96. The van der Waals surface area contributed by atoms with E-state index in [-0.39, 0.29) is 15.8 Å². The molecule has 0 amide bonds. The molecule has 0 aromatic heterocycles. The van der Waals surface area contributed by atoms with E-state index in [9.17, 15) is 0 Å². The predicted molar refractivity (Wildman–Crippen MR) is 116 cm³/mol. The molecule has 0 N–H and O–H groups in total. The van der Waals surface area contributed by atoms with Crippen LogP contribution in [0, 0.1) is 0 Å². The summed E-state index contributed by atoms with van der Waals surface area (Å²) in [5.41, 5.74) is 6.23. The van der Waals surface area contributed by atoms with Crippen LogP contribution in [0.2, 0.25) is 0 Å². The van der Waals surface area contributed by atoms with Crippen molar-refractivity contribution < 1.29 is 0 Å². The van der Waals surface area contributed by atoms with E-state index in [1.807, 2.05) is 0 Å². The molecule has 0 aliphatic heterocycles. The maximum Gasteiger partial charge on any atom is 0.0246 e. The third-order valence-corrected chi connectivity index (χ3v) is 12.3. The normalized spacial score (nSPS) is 12.7. The van der Waals surface area contributed by atoms with E-state index in [0.717, 1.165) is 22.6 Å². The molecular weight excluding hydrogens is 382 g/mol. The molecular formula is C20H35BrP2. The van der Waals surface area contributed by atoms with Gasteiger partial charge in [0.1, 0.15) is 0 Å². The van der Waals surface area contributed by atoms with Gasteiger partial charge in [-0.25, -0.2) is 0 Å². The molecule has 3 heteroatoms. The van der Waals surface area contributed by atoms with Crippen LogP contribution in [0.1, 0.15) is 66.5 Å². The molecule has 0 atom stereocenters. The summed E-state index contributed by atoms with van der Waals surface area (Å²) in [5, 5.41) is 0. The van der Waals surface area contributed by atoms with Crippen molar-refractivity contribution in [2.75, 3.05) is 0 Å². The lowest BCUT2D eigenvalue weighted by atomic mass is 10.2. The second kappa shape index (κ2) is 9.89. The molecule has 0 saturated carbocycles. The molecule has 0 fully saturated rings. The van der Waals surface area contributed by atoms with Crippen molar-refractivity contribution in [3.05, 3.63) is 33.8 Å². The summed E-state index contributed by atoms with van der Waals surface area (Å²) in [6, 6.07) is 6.94. The fourth-order valence-corrected chi connectivity index (χ4v) is 9.33. The highest BCUT2D eigenvalue weighted by atomic mass is 79.9. The minimum Gasteiger partial charge on any atom is -0.0969 e. The average molecular weight is 417 g/mol. The van der Waals surface area contributed by atoms with Gasteiger partial charge < -0.3 is 0 Å². The quantitative estimate of drug-likeness (QED) is 0.376. The van der Waals surface area contributed by atoms with Crippen molar-refractivity contribution in [1.29, 1.82) is 0 Å². The zero-order chi connectivity index (χ0) is 17.7. The summed E-state index contributed by atoms with van der Waals surface area (Å²) in [6.45, 7) is 19.1. The summed E-state index contributed by atoms with van der Waals surface area (Å²) < 4.78 is 1.39. The van der Waals surface area contributed by atoms with Crippen LogP contribution in [0.25, 0.3) is 0 Å². The third kappa shape index (κ3) is 6.41. The van der Waals surface area contributed by atoms with Gasteiger partial charge >= 0.3 is 0 Å². The summed E-state index contributed by atoms with van der Waals surface area (Å²) in [6.07, 6.45) is 2.50. The first-order valence-electron chi connectivity index (χ1n) is 8.92. The highest BCUT2D eigenvalue weighted by Gasteiger charge is 2.21. The van der Waals surface area contributed by atoms with Crippen LogP contribution in [0.3, 0.4) is 0 Å². The predicted octanol–water partition coefficient (Wildman–Crippen LogP) is 8.05. The highest BCUT2D eigenvalue weighted by Crippen LogP contribution is 2.52. The number of hydrogen-bond acceptors (Lipinski definition) is 0. The minimum absolute atomic E-state index is 0.0465. The van der Waals surface area contributed by atoms with Crippen molar-refractivity contribution in [3.8, 4) is 0 Å². The largest absolute Gasteiger partial charge is 0.0969 e. The Labute approximate surface area is 155 Å². The van der Waals surface area contributed by atoms with Gasteiger partial charge in [-0.3, -0.25) is 0 Å². The summed E-state index contributed by atoms with van der Waals surface area (Å²) in [5.74, 6) is 0. The van der Waals surface area contributed by atoms with Gasteiger partial charge in [0.25, 0.3) is 0 Å². The van der Waals surface area contributed by atoms with E-state index >= 15 is 0 Å². The Morgan fingerprint density at radius 1 is 0.696 bits per heavy atom. The molecule has 0 bridgehead atoms. The number of hydrogen-bond donors (Lipinski definition) is 0. The van der Waals surface area contributed by atoms with Gasteiger partial charge in [-0.15, -0.1) is 0 Å². The van der Waals surface area contributed by atoms with Crippen LogP contribution in [0.15, 0.2) is 22.7 Å². The zero-order valence-corrected chi connectivity index (χ0v) is 19.6. The monoisotopic (exact) mass is 416 g/mol. The van der Waals surface area contributed by atoms with Gasteiger partial charge in [0.2, 0.25) is 0 Å². The van der Waals surface area contributed by atoms with Crippen LogP contribution in [-0.4, -0.2) is 22.6 Å². The number of halogens is 1. The van der Waals surface area contributed by atoms with E-state index in [1.54, 1.807) is 0 Å². The van der Waals surface area contributed by atoms with Crippen LogP contribution >= 0.6 is 31.8 Å². The molecule has 0 aliphatic rings. The van der Waals surface area contributed by atoms with E-state index in [0.29, 0.717) is 0 Å². The second-order valence-electron chi connectivity index (χ2n) is 7.61. The smallest absolute Gasteiger partial charge is 0.0246 e. The average Bonchev–Trinajstić information content (AvgIpc) is 2.43. The van der Waals surface area contributed by atoms with E-state index in [4.69, 9.17) is 0 Å². The first-order chi connectivity index (χ1) is 10.6. The molecule has 0 heterocycles. The molecule has 0 nitrogen and oxygen atoms in total. The van der Waals surface area contributed by atoms with E-state index in [1.165, 1.54) is 27.9 Å². The molecule has 1 aromatic carbocycles.